The van der Waals surface area contributed by atoms with Crippen molar-refractivity contribution in [3.8, 4) is 34.5 Å². The summed E-state index contributed by atoms with van der Waals surface area (Å²) in [6, 6.07) is 11.7. The molecule has 0 unspecified atom stereocenters. The van der Waals surface area contributed by atoms with Gasteiger partial charge >= 0.3 is 5.97 Å². The SMILES string of the molecule is COc1ccc2[nH]cc(C(=O)C(=O)N[C@H]3c4cc5c(cc4[C@@H](c4cc(OC)c(OC)c(OC)c4)[C@H]4C(=O)OC[C@@H]43)OCO5)c2c1. The third-order valence-electron chi connectivity index (χ3n) is 8.86. The summed E-state index contributed by atoms with van der Waals surface area (Å²) in [5.41, 5.74) is 2.99. The standard InChI is InChI=1S/C33H30N2O10/c1-39-16-5-6-22-17(9-16)20(12-34-22)30(36)32(37)35-29-19-11-24-23(44-14-45-24)10-18(19)27(28-21(29)13-43-33(28)38)15-7-25(40-2)31(42-4)26(8-15)41-3/h5-12,21,27-29,34H,13-14H2,1-4H3,(H,35,37)/t21-,27+,28-,29-/m0/s1. The number of hydrogen-bond donors (Lipinski definition) is 2. The first-order valence-electron chi connectivity index (χ1n) is 14.3. The molecule has 4 aromatic rings. The zero-order valence-electron chi connectivity index (χ0n) is 24.9. The van der Waals surface area contributed by atoms with Gasteiger partial charge in [0, 0.05) is 28.9 Å². The number of ether oxygens (including phenoxy) is 7. The molecule has 2 aliphatic heterocycles. The van der Waals surface area contributed by atoms with Crippen LogP contribution in [0.4, 0.5) is 0 Å². The maximum atomic E-state index is 13.7. The van der Waals surface area contributed by atoms with Crippen molar-refractivity contribution in [2.75, 3.05) is 41.8 Å². The number of carbonyl (C=O) groups is 3. The molecule has 0 bridgehead atoms. The van der Waals surface area contributed by atoms with E-state index in [1.54, 1.807) is 36.4 Å². The first-order valence-corrected chi connectivity index (χ1v) is 14.3. The maximum Gasteiger partial charge on any atom is 0.310 e. The van der Waals surface area contributed by atoms with Gasteiger partial charge in [0.15, 0.2) is 23.0 Å². The number of Topliss-reactive ketones (excluding diaryl/α,β-unsaturated/α-hetero) is 1. The second kappa shape index (κ2) is 11.0. The van der Waals surface area contributed by atoms with Gasteiger partial charge in [-0.3, -0.25) is 14.4 Å². The Balaban J connectivity index is 1.33. The normalized spacial score (nSPS) is 21.0. The number of benzene rings is 3. The molecule has 1 fully saturated rings. The fraction of sp³-hybridized carbons (Fsp3) is 0.303. The molecule has 1 amide bonds. The molecule has 3 aromatic carbocycles. The highest BCUT2D eigenvalue weighted by Gasteiger charge is 2.53. The lowest BCUT2D eigenvalue weighted by Crippen LogP contribution is -2.44. The van der Waals surface area contributed by atoms with Crippen LogP contribution in [0.5, 0.6) is 34.5 Å². The van der Waals surface area contributed by atoms with Crippen LogP contribution in [0.15, 0.2) is 48.7 Å². The Labute approximate surface area is 257 Å². The van der Waals surface area contributed by atoms with Crippen molar-refractivity contribution in [1.29, 1.82) is 0 Å². The monoisotopic (exact) mass is 614 g/mol. The average Bonchev–Trinajstić information content (AvgIpc) is 3.80. The molecule has 2 N–H and O–H groups in total. The number of rotatable bonds is 8. The van der Waals surface area contributed by atoms with Gasteiger partial charge in [-0.25, -0.2) is 0 Å². The average molecular weight is 615 g/mol. The highest BCUT2D eigenvalue weighted by atomic mass is 16.7. The number of carbonyl (C=O) groups excluding carboxylic acids is 3. The molecule has 1 saturated heterocycles. The minimum Gasteiger partial charge on any atom is -0.497 e. The Morgan fingerprint density at radius 1 is 0.867 bits per heavy atom. The number of esters is 1. The number of hydrogen-bond acceptors (Lipinski definition) is 10. The summed E-state index contributed by atoms with van der Waals surface area (Å²) < 4.78 is 39.1. The van der Waals surface area contributed by atoms with Crippen LogP contribution in [-0.4, -0.2) is 64.5 Å². The summed E-state index contributed by atoms with van der Waals surface area (Å²) in [7, 11) is 6.09. The lowest BCUT2D eigenvalue weighted by atomic mass is 9.65. The molecule has 1 aliphatic carbocycles. The van der Waals surface area contributed by atoms with Crippen LogP contribution in [0.2, 0.25) is 0 Å². The van der Waals surface area contributed by atoms with Crippen LogP contribution in [0.3, 0.4) is 0 Å². The van der Waals surface area contributed by atoms with Crippen LogP contribution in [-0.2, 0) is 14.3 Å². The fourth-order valence-electron chi connectivity index (χ4n) is 6.77. The van der Waals surface area contributed by atoms with E-state index in [-0.39, 0.29) is 19.0 Å². The summed E-state index contributed by atoms with van der Waals surface area (Å²) in [5, 5.41) is 3.50. The highest BCUT2D eigenvalue weighted by molar-refractivity contribution is 6.45. The van der Waals surface area contributed by atoms with Crippen LogP contribution < -0.4 is 33.7 Å². The molecule has 3 heterocycles. The molecule has 0 saturated carbocycles. The van der Waals surface area contributed by atoms with E-state index in [4.69, 9.17) is 33.2 Å². The van der Waals surface area contributed by atoms with Crippen molar-refractivity contribution in [3.05, 3.63) is 70.9 Å². The number of aromatic amines is 1. The van der Waals surface area contributed by atoms with Gasteiger partial charge < -0.3 is 43.5 Å². The van der Waals surface area contributed by atoms with Crippen LogP contribution in [0.25, 0.3) is 10.9 Å². The number of methoxy groups -OCH3 is 4. The summed E-state index contributed by atoms with van der Waals surface area (Å²) >= 11 is 0. The predicted molar refractivity (Wildman–Crippen MR) is 159 cm³/mol. The molecule has 12 heteroatoms. The number of fused-ring (bicyclic) bond motifs is 4. The molecular weight excluding hydrogens is 584 g/mol. The summed E-state index contributed by atoms with van der Waals surface area (Å²) in [6.07, 6.45) is 1.50. The molecule has 1 aromatic heterocycles. The molecule has 45 heavy (non-hydrogen) atoms. The van der Waals surface area contributed by atoms with Crippen molar-refractivity contribution >= 4 is 28.6 Å². The minimum absolute atomic E-state index is 0.0293. The van der Waals surface area contributed by atoms with E-state index in [1.807, 2.05) is 6.07 Å². The van der Waals surface area contributed by atoms with E-state index in [9.17, 15) is 14.4 Å². The Kier molecular flexibility index (Phi) is 6.91. The number of amides is 1. The van der Waals surface area contributed by atoms with E-state index in [2.05, 4.69) is 10.3 Å². The van der Waals surface area contributed by atoms with Crippen LogP contribution >= 0.6 is 0 Å². The van der Waals surface area contributed by atoms with E-state index >= 15 is 0 Å². The highest BCUT2D eigenvalue weighted by Crippen LogP contribution is 2.55. The third-order valence-corrected chi connectivity index (χ3v) is 8.86. The Bertz CT molecular complexity index is 1840. The topological polar surface area (TPSA) is 144 Å². The first kappa shape index (κ1) is 28.4. The van der Waals surface area contributed by atoms with Crippen molar-refractivity contribution in [3.63, 3.8) is 0 Å². The predicted octanol–water partition coefficient (Wildman–Crippen LogP) is 3.91. The smallest absolute Gasteiger partial charge is 0.310 e. The maximum absolute atomic E-state index is 13.7. The van der Waals surface area contributed by atoms with E-state index in [0.717, 1.165) is 0 Å². The van der Waals surface area contributed by atoms with Crippen molar-refractivity contribution < 1.29 is 47.5 Å². The Morgan fingerprint density at radius 2 is 1.58 bits per heavy atom. The van der Waals surface area contributed by atoms with Crippen LogP contribution in [0.1, 0.15) is 39.0 Å². The molecule has 7 rings (SSSR count). The molecule has 12 nitrogen and oxygen atoms in total. The largest absolute Gasteiger partial charge is 0.497 e. The third kappa shape index (κ3) is 4.47. The zero-order chi connectivity index (χ0) is 31.4. The van der Waals surface area contributed by atoms with Gasteiger partial charge in [0.25, 0.3) is 11.7 Å². The van der Waals surface area contributed by atoms with Crippen molar-refractivity contribution in [1.82, 2.24) is 10.3 Å². The van der Waals surface area contributed by atoms with Crippen LogP contribution in [0, 0.1) is 11.8 Å². The van der Waals surface area contributed by atoms with E-state index < -0.39 is 41.5 Å². The van der Waals surface area contributed by atoms with E-state index in [0.29, 0.717) is 62.1 Å². The molecule has 0 spiro atoms. The summed E-state index contributed by atoms with van der Waals surface area (Å²) in [5.74, 6) is -0.910. The van der Waals surface area contributed by atoms with E-state index in [1.165, 1.54) is 34.6 Å². The minimum atomic E-state index is -0.823. The van der Waals surface area contributed by atoms with Gasteiger partial charge in [0.1, 0.15) is 5.75 Å². The quantitative estimate of drug-likeness (QED) is 0.170. The molecular formula is C33H30N2O10. The fourth-order valence-corrected chi connectivity index (χ4v) is 6.77. The first-order chi connectivity index (χ1) is 21.9. The van der Waals surface area contributed by atoms with Gasteiger partial charge in [-0.2, -0.15) is 0 Å². The number of ketones is 1. The number of aromatic nitrogens is 1. The molecule has 232 valence electrons. The lowest BCUT2D eigenvalue weighted by Gasteiger charge is -2.39. The van der Waals surface area contributed by atoms with Gasteiger partial charge in [-0.15, -0.1) is 0 Å². The summed E-state index contributed by atoms with van der Waals surface area (Å²) in [6.45, 7) is 0.0727. The Morgan fingerprint density at radius 3 is 2.24 bits per heavy atom. The molecule has 0 radical (unpaired) electrons. The van der Waals surface area contributed by atoms with Gasteiger partial charge in [-0.05, 0) is 59.2 Å². The second-order valence-corrected chi connectivity index (χ2v) is 11.0. The number of H-pyrrole nitrogens is 1. The Hall–Kier alpha value is -5.39. The zero-order valence-corrected chi connectivity index (χ0v) is 24.9. The molecule has 4 atom stereocenters. The van der Waals surface area contributed by atoms with Crippen molar-refractivity contribution in [2.24, 2.45) is 11.8 Å². The number of cyclic esters (lactones) is 1. The van der Waals surface area contributed by atoms with Gasteiger partial charge in [-0.1, -0.05) is 0 Å². The molecule has 3 aliphatic rings. The summed E-state index contributed by atoms with van der Waals surface area (Å²) in [4.78, 5) is 43.8. The van der Waals surface area contributed by atoms with Gasteiger partial charge in [0.2, 0.25) is 12.5 Å². The lowest BCUT2D eigenvalue weighted by molar-refractivity contribution is -0.141. The second-order valence-electron chi connectivity index (χ2n) is 11.0. The number of nitrogens with one attached hydrogen (secondary N) is 2. The van der Waals surface area contributed by atoms with Crippen molar-refractivity contribution in [2.45, 2.75) is 12.0 Å². The van der Waals surface area contributed by atoms with Gasteiger partial charge in [0.05, 0.1) is 52.6 Å².